The van der Waals surface area contributed by atoms with E-state index in [1.54, 1.807) is 18.4 Å². The zero-order valence-corrected chi connectivity index (χ0v) is 13.1. The molecule has 7 heteroatoms. The maximum atomic E-state index is 11.7. The number of benzene rings is 1. The molecule has 0 fully saturated rings. The minimum absolute atomic E-state index is 0.267. The molecule has 1 amide bonds. The number of aromatic nitrogens is 3. The summed E-state index contributed by atoms with van der Waals surface area (Å²) >= 11 is 0. The second-order valence-electron chi connectivity index (χ2n) is 6.23. The summed E-state index contributed by atoms with van der Waals surface area (Å²) in [7, 11) is 0. The molecular weight excluding hydrogens is 294 g/mol. The predicted octanol–water partition coefficient (Wildman–Crippen LogP) is 1.17. The monoisotopic (exact) mass is 313 g/mol. The number of anilines is 1. The summed E-state index contributed by atoms with van der Waals surface area (Å²) in [5.41, 5.74) is 12.7. The lowest BCUT2D eigenvalue weighted by Gasteiger charge is -2.22. The zero-order chi connectivity index (χ0) is 16.8. The van der Waals surface area contributed by atoms with E-state index in [1.807, 2.05) is 24.3 Å². The molecule has 3 aromatic rings. The summed E-state index contributed by atoms with van der Waals surface area (Å²) in [6.07, 6.45) is 0. The molecule has 0 radical (unpaired) electrons. The molecule has 0 saturated heterocycles. The van der Waals surface area contributed by atoms with Crippen LogP contribution in [0.1, 0.15) is 19.7 Å². The Bertz CT molecular complexity index is 914. The van der Waals surface area contributed by atoms with Gasteiger partial charge in [0.15, 0.2) is 5.82 Å². The third-order valence-electron chi connectivity index (χ3n) is 4.05. The highest BCUT2D eigenvalue weighted by atomic mass is 16.3. The Balaban J connectivity index is 2.37. The number of aliphatic hydroxyl groups is 1. The average Bonchev–Trinajstić information content (AvgIpc) is 2.86. The van der Waals surface area contributed by atoms with Gasteiger partial charge in [-0.3, -0.25) is 4.79 Å². The van der Waals surface area contributed by atoms with Crippen molar-refractivity contribution in [3.8, 4) is 0 Å². The topological polar surface area (TPSA) is 120 Å². The van der Waals surface area contributed by atoms with Gasteiger partial charge in [-0.05, 0) is 19.9 Å². The number of primary amides is 1. The van der Waals surface area contributed by atoms with Crippen LogP contribution in [0.4, 0.5) is 5.82 Å². The minimum Gasteiger partial charge on any atom is -0.388 e. The molecule has 120 valence electrons. The molecule has 0 unspecified atom stereocenters. The van der Waals surface area contributed by atoms with Crippen LogP contribution in [0.25, 0.3) is 21.9 Å². The Morgan fingerprint density at radius 1 is 1.30 bits per heavy atom. The highest BCUT2D eigenvalue weighted by Crippen LogP contribution is 2.31. The highest BCUT2D eigenvalue weighted by molar-refractivity contribution is 6.06. The maximum absolute atomic E-state index is 11.7. The molecule has 0 aliphatic rings. The molecule has 0 aliphatic carbocycles. The van der Waals surface area contributed by atoms with Gasteiger partial charge in [-0.1, -0.05) is 18.2 Å². The number of carbonyl (C=O) groups excluding carboxylic acids is 1. The molecule has 2 heterocycles. The van der Waals surface area contributed by atoms with Crippen LogP contribution in [0, 0.1) is 5.41 Å². The second-order valence-corrected chi connectivity index (χ2v) is 6.23. The van der Waals surface area contributed by atoms with E-state index >= 15 is 0 Å². The molecule has 0 aliphatic heterocycles. The van der Waals surface area contributed by atoms with E-state index in [1.165, 1.54) is 0 Å². The first kappa shape index (κ1) is 15.2. The first-order chi connectivity index (χ1) is 10.8. The van der Waals surface area contributed by atoms with Crippen molar-refractivity contribution in [2.75, 3.05) is 5.73 Å². The fourth-order valence-corrected chi connectivity index (χ4v) is 2.67. The molecule has 0 bridgehead atoms. The Kier molecular flexibility index (Phi) is 3.45. The molecule has 0 spiro atoms. The van der Waals surface area contributed by atoms with Crippen molar-refractivity contribution < 1.29 is 9.90 Å². The highest BCUT2D eigenvalue weighted by Gasteiger charge is 2.28. The Morgan fingerprint density at radius 2 is 2.00 bits per heavy atom. The van der Waals surface area contributed by atoms with Crippen molar-refractivity contribution in [3.05, 3.63) is 30.1 Å². The van der Waals surface area contributed by atoms with Gasteiger partial charge in [-0.25, -0.2) is 9.97 Å². The standard InChI is InChI=1S/C16H19N5O2/c1-16(2,15(18)23)8-21-11(7-22)20-12-13(21)9-5-3-4-6-10(9)19-14(12)17/h3-6,22H,7-8H2,1-2H3,(H2,17,19)(H2,18,23). The molecule has 7 nitrogen and oxygen atoms in total. The third kappa shape index (κ3) is 2.39. The van der Waals surface area contributed by atoms with Crippen molar-refractivity contribution in [3.63, 3.8) is 0 Å². The van der Waals surface area contributed by atoms with Gasteiger partial charge in [-0.2, -0.15) is 0 Å². The van der Waals surface area contributed by atoms with Crippen LogP contribution in [0.2, 0.25) is 0 Å². The summed E-state index contributed by atoms with van der Waals surface area (Å²) in [6, 6.07) is 7.55. The number of rotatable bonds is 4. The number of para-hydroxylation sites is 1. The van der Waals surface area contributed by atoms with Gasteiger partial charge in [-0.15, -0.1) is 0 Å². The van der Waals surface area contributed by atoms with Crippen LogP contribution in [-0.4, -0.2) is 25.5 Å². The summed E-state index contributed by atoms with van der Waals surface area (Å²) in [4.78, 5) is 20.5. The lowest BCUT2D eigenvalue weighted by molar-refractivity contribution is -0.126. The number of aliphatic hydroxyl groups excluding tert-OH is 1. The molecule has 5 N–H and O–H groups in total. The summed E-state index contributed by atoms with van der Waals surface area (Å²) in [6.45, 7) is 3.55. The molecule has 3 rings (SSSR count). The van der Waals surface area contributed by atoms with Crippen molar-refractivity contribution in [1.82, 2.24) is 14.5 Å². The number of nitrogens with zero attached hydrogens (tertiary/aromatic N) is 3. The van der Waals surface area contributed by atoms with Crippen molar-refractivity contribution in [2.24, 2.45) is 11.1 Å². The largest absolute Gasteiger partial charge is 0.388 e. The quantitative estimate of drug-likeness (QED) is 0.668. The molecule has 2 aromatic heterocycles. The minimum atomic E-state index is -0.795. The number of nitrogens with two attached hydrogens (primary N) is 2. The van der Waals surface area contributed by atoms with E-state index in [2.05, 4.69) is 9.97 Å². The van der Waals surface area contributed by atoms with Crippen molar-refractivity contribution >= 4 is 33.7 Å². The first-order valence-corrected chi connectivity index (χ1v) is 7.29. The van der Waals surface area contributed by atoms with Gasteiger partial charge < -0.3 is 21.1 Å². The van der Waals surface area contributed by atoms with E-state index in [0.717, 1.165) is 16.4 Å². The van der Waals surface area contributed by atoms with Gasteiger partial charge in [0.25, 0.3) is 0 Å². The summed E-state index contributed by atoms with van der Waals surface area (Å²) in [5.74, 6) is 0.304. The Labute approximate surface area is 132 Å². The summed E-state index contributed by atoms with van der Waals surface area (Å²) < 4.78 is 1.81. The van der Waals surface area contributed by atoms with Crippen molar-refractivity contribution in [2.45, 2.75) is 27.0 Å². The van der Waals surface area contributed by atoms with Gasteiger partial charge in [0.05, 0.1) is 16.4 Å². The number of pyridine rings is 1. The Hall–Kier alpha value is -2.67. The van der Waals surface area contributed by atoms with E-state index in [0.29, 0.717) is 23.7 Å². The first-order valence-electron chi connectivity index (χ1n) is 7.29. The number of fused-ring (bicyclic) bond motifs is 3. The molecule has 1 aromatic carbocycles. The third-order valence-corrected chi connectivity index (χ3v) is 4.05. The predicted molar refractivity (Wildman–Crippen MR) is 88.3 cm³/mol. The normalized spacial score (nSPS) is 12.1. The van der Waals surface area contributed by atoms with Gasteiger partial charge in [0.2, 0.25) is 5.91 Å². The Morgan fingerprint density at radius 3 is 2.65 bits per heavy atom. The van der Waals surface area contributed by atoms with Gasteiger partial charge in [0, 0.05) is 11.9 Å². The number of hydrogen-bond donors (Lipinski definition) is 3. The molecule has 23 heavy (non-hydrogen) atoms. The van der Waals surface area contributed by atoms with Crippen LogP contribution < -0.4 is 11.5 Å². The number of amides is 1. The molecular formula is C16H19N5O2. The number of nitrogen functional groups attached to an aromatic ring is 1. The van der Waals surface area contributed by atoms with E-state index in [-0.39, 0.29) is 6.61 Å². The lowest BCUT2D eigenvalue weighted by atomic mass is 9.92. The number of imidazole rings is 1. The van der Waals surface area contributed by atoms with Crippen molar-refractivity contribution in [1.29, 1.82) is 0 Å². The smallest absolute Gasteiger partial charge is 0.224 e. The molecule has 0 atom stereocenters. The SMILES string of the molecule is CC(C)(Cn1c(CO)nc2c(N)nc3ccccc3c21)C(N)=O. The average molecular weight is 313 g/mol. The summed E-state index contributed by atoms with van der Waals surface area (Å²) in [5, 5.41) is 10.5. The fourth-order valence-electron chi connectivity index (χ4n) is 2.67. The maximum Gasteiger partial charge on any atom is 0.224 e. The van der Waals surface area contributed by atoms with Crippen LogP contribution >= 0.6 is 0 Å². The fraction of sp³-hybridized carbons (Fsp3) is 0.312. The number of hydrogen-bond acceptors (Lipinski definition) is 5. The zero-order valence-electron chi connectivity index (χ0n) is 13.1. The van der Waals surface area contributed by atoms with E-state index in [4.69, 9.17) is 11.5 Å². The van der Waals surface area contributed by atoms with Crippen LogP contribution in [-0.2, 0) is 17.9 Å². The van der Waals surface area contributed by atoms with Crippen LogP contribution in [0.15, 0.2) is 24.3 Å². The number of carbonyl (C=O) groups is 1. The lowest BCUT2D eigenvalue weighted by Crippen LogP contribution is -2.35. The van der Waals surface area contributed by atoms with Gasteiger partial charge >= 0.3 is 0 Å². The van der Waals surface area contributed by atoms with Gasteiger partial charge in [0.1, 0.15) is 17.9 Å². The molecule has 0 saturated carbocycles. The van der Waals surface area contributed by atoms with Crippen LogP contribution in [0.5, 0.6) is 0 Å². The second kappa shape index (κ2) is 5.20. The van der Waals surface area contributed by atoms with Crippen LogP contribution in [0.3, 0.4) is 0 Å². The van der Waals surface area contributed by atoms with E-state index < -0.39 is 11.3 Å². The van der Waals surface area contributed by atoms with E-state index in [9.17, 15) is 9.90 Å².